The molecule has 1 atom stereocenters. The molecule has 2 aromatic heterocycles. The Morgan fingerprint density at radius 1 is 0.877 bits per heavy atom. The summed E-state index contributed by atoms with van der Waals surface area (Å²) < 4.78 is 7.30. The van der Waals surface area contributed by atoms with Gasteiger partial charge in [-0.1, -0.05) is 150 Å². The predicted octanol–water partition coefficient (Wildman–Crippen LogP) is 18.2. The standard InChI is InChI=1S/C37H33NS.C20H21NO.2C2H6/c1-3-11-34-35-26-30(20-25-37(35)39-36(34)4-2)29-18-23-33(24-19-29)38(31-14-9-6-10-15-31)32-21-16-28(17-22-32)27-12-7-5-8-13-27;1-5-6-10-17-15(3)22-18-12-11-16-14(2)9-7-8-13-21(4)20(16)19(17)18;2*1-2/h3-16,18,20-21,23-26,29H,2,17,19,22H2,1H3;5,7-9,11-13H,1-2,6,10H2,3-4H3;2*1-2H3/b11-3-;9-7-,13-8-;;. The summed E-state index contributed by atoms with van der Waals surface area (Å²) in [4.78, 5) is 5.83. The number of hydrogen-bond acceptors (Lipinski definition) is 4. The first-order valence-electron chi connectivity index (χ1n) is 23.3. The number of benzene rings is 4. The number of fused-ring (bicyclic) bond motifs is 4. The van der Waals surface area contributed by atoms with Crippen LogP contribution < -0.4 is 9.80 Å². The van der Waals surface area contributed by atoms with E-state index < -0.39 is 0 Å². The van der Waals surface area contributed by atoms with Crippen molar-refractivity contribution in [1.82, 2.24) is 0 Å². The number of hydrogen-bond donors (Lipinski definition) is 0. The minimum atomic E-state index is 0.367. The highest BCUT2D eigenvalue weighted by atomic mass is 32.1. The highest BCUT2D eigenvalue weighted by Crippen LogP contribution is 2.42. The highest BCUT2D eigenvalue weighted by Gasteiger charge is 2.23. The fraction of sp³-hybridized carbons (Fsp3) is 0.213. The number of anilines is 2. The van der Waals surface area contributed by atoms with Gasteiger partial charge >= 0.3 is 0 Å². The maximum Gasteiger partial charge on any atom is 0.136 e. The van der Waals surface area contributed by atoms with Crippen molar-refractivity contribution < 1.29 is 4.42 Å². The second-order valence-corrected chi connectivity index (χ2v) is 16.8. The van der Waals surface area contributed by atoms with E-state index >= 15 is 0 Å². The zero-order valence-electron chi connectivity index (χ0n) is 39.6. The zero-order chi connectivity index (χ0) is 46.3. The number of thiophene rings is 1. The number of furan rings is 1. The monoisotopic (exact) mass is 874 g/mol. The van der Waals surface area contributed by atoms with Gasteiger partial charge in [0, 0.05) is 67.7 Å². The number of rotatable bonds is 10. The zero-order valence-corrected chi connectivity index (χ0v) is 40.4. The molecule has 0 saturated carbocycles. The van der Waals surface area contributed by atoms with Crippen molar-refractivity contribution in [2.24, 2.45) is 0 Å². The minimum Gasteiger partial charge on any atom is -0.461 e. The van der Waals surface area contributed by atoms with Gasteiger partial charge in [0.05, 0.1) is 5.69 Å². The summed E-state index contributed by atoms with van der Waals surface area (Å²) in [6.45, 7) is 24.2. The van der Waals surface area contributed by atoms with Crippen LogP contribution in [0.15, 0.2) is 194 Å². The first-order valence-corrected chi connectivity index (χ1v) is 24.1. The Bertz CT molecular complexity index is 2820. The first kappa shape index (κ1) is 47.8. The molecule has 2 aliphatic carbocycles. The van der Waals surface area contributed by atoms with Crippen LogP contribution >= 0.6 is 11.3 Å². The summed E-state index contributed by atoms with van der Waals surface area (Å²) >= 11 is 1.82. The van der Waals surface area contributed by atoms with Crippen molar-refractivity contribution in [3.05, 3.63) is 228 Å². The van der Waals surface area contributed by atoms with Crippen LogP contribution in [0.4, 0.5) is 11.4 Å². The molecule has 332 valence electrons. The number of allylic oxidation sites excluding steroid dienone is 13. The quantitative estimate of drug-likeness (QED) is 0.128. The molecule has 4 heteroatoms. The minimum absolute atomic E-state index is 0.367. The summed E-state index contributed by atoms with van der Waals surface area (Å²) in [7, 11) is 2.07. The molecule has 0 saturated heterocycles. The van der Waals surface area contributed by atoms with Crippen molar-refractivity contribution in [3.8, 4) is 0 Å². The summed E-state index contributed by atoms with van der Waals surface area (Å²) in [5.74, 6) is 1.36. The van der Waals surface area contributed by atoms with E-state index in [1.807, 2.05) is 76.3 Å². The van der Waals surface area contributed by atoms with Gasteiger partial charge < -0.3 is 14.2 Å². The van der Waals surface area contributed by atoms with Gasteiger partial charge in [0.25, 0.3) is 0 Å². The van der Waals surface area contributed by atoms with E-state index in [0.29, 0.717) is 5.92 Å². The molecule has 3 aliphatic rings. The molecule has 3 nitrogen and oxygen atoms in total. The SMILES string of the molecule is C=CCCc1c(C)oc2ccc3c(c12)N(C)/C=C\C=C/C3=C.C=Cc1sc2ccc(C3C=CC(N(C4=CC=C(c5ccccc5)CC4)c4ccccc4)=CC3)cc2c1/C=C\C.CC.CC. The molecule has 0 bridgehead atoms. The lowest BCUT2D eigenvalue weighted by atomic mass is 9.89. The molecule has 3 heterocycles. The van der Waals surface area contributed by atoms with Crippen molar-refractivity contribution in [1.29, 1.82) is 0 Å². The van der Waals surface area contributed by atoms with Crippen LogP contribution in [-0.4, -0.2) is 7.05 Å². The number of para-hydroxylation sites is 1. The Labute approximate surface area is 393 Å². The van der Waals surface area contributed by atoms with Gasteiger partial charge in [-0.3, -0.25) is 0 Å². The second kappa shape index (κ2) is 23.4. The summed E-state index contributed by atoms with van der Waals surface area (Å²) in [6.07, 6.45) is 33.1. The van der Waals surface area contributed by atoms with Gasteiger partial charge in [0.15, 0.2) is 0 Å². The summed E-state index contributed by atoms with van der Waals surface area (Å²) in [5, 5.41) is 2.52. The molecule has 65 heavy (non-hydrogen) atoms. The molecule has 0 radical (unpaired) electrons. The Morgan fingerprint density at radius 2 is 1.63 bits per heavy atom. The maximum atomic E-state index is 5.99. The van der Waals surface area contributed by atoms with Gasteiger partial charge in [-0.2, -0.15) is 0 Å². The van der Waals surface area contributed by atoms with Crippen LogP contribution in [-0.2, 0) is 6.42 Å². The third kappa shape index (κ3) is 10.8. The molecule has 0 spiro atoms. The molecule has 9 rings (SSSR count). The largest absolute Gasteiger partial charge is 0.461 e. The topological polar surface area (TPSA) is 19.6 Å². The van der Waals surface area contributed by atoms with E-state index in [0.717, 1.165) is 54.6 Å². The Morgan fingerprint density at radius 3 is 2.29 bits per heavy atom. The van der Waals surface area contributed by atoms with Crippen molar-refractivity contribution in [3.63, 3.8) is 0 Å². The van der Waals surface area contributed by atoms with Crippen molar-refractivity contribution in [2.45, 2.75) is 79.6 Å². The van der Waals surface area contributed by atoms with Crippen LogP contribution in [0.5, 0.6) is 0 Å². The third-order valence-corrected chi connectivity index (χ3v) is 13.0. The normalized spacial score (nSPS) is 16.2. The Balaban J connectivity index is 0.000000228. The lowest BCUT2D eigenvalue weighted by molar-refractivity contribution is 0.572. The van der Waals surface area contributed by atoms with Gasteiger partial charge in [0.2, 0.25) is 0 Å². The van der Waals surface area contributed by atoms with Crippen LogP contribution in [0.25, 0.3) is 44.4 Å². The van der Waals surface area contributed by atoms with Gasteiger partial charge in [-0.05, 0) is 128 Å². The first-order chi connectivity index (χ1) is 31.9. The maximum absolute atomic E-state index is 5.99. The van der Waals surface area contributed by atoms with Crippen LogP contribution in [0.1, 0.15) is 105 Å². The van der Waals surface area contributed by atoms with Gasteiger partial charge in [0.1, 0.15) is 11.3 Å². The summed E-state index contributed by atoms with van der Waals surface area (Å²) in [5.41, 5.74) is 14.7. The number of nitrogens with zero attached hydrogens (tertiary/aromatic N) is 2. The van der Waals surface area contributed by atoms with Gasteiger partial charge in [-0.25, -0.2) is 0 Å². The lowest BCUT2D eigenvalue weighted by Gasteiger charge is -2.32. The molecule has 0 fully saturated rings. The Hall–Kier alpha value is -6.62. The molecule has 1 aliphatic heterocycles. The summed E-state index contributed by atoms with van der Waals surface area (Å²) in [6, 6.07) is 32.6. The molecule has 0 N–H and O–H groups in total. The molecule has 6 aromatic rings. The van der Waals surface area contributed by atoms with Crippen LogP contribution in [0, 0.1) is 6.92 Å². The van der Waals surface area contributed by atoms with Gasteiger partial charge in [-0.15, -0.1) is 17.9 Å². The molecular weight excluding hydrogens is 809 g/mol. The molecule has 4 aromatic carbocycles. The predicted molar refractivity (Wildman–Crippen MR) is 290 cm³/mol. The Kier molecular flexibility index (Phi) is 17.2. The van der Waals surface area contributed by atoms with E-state index in [9.17, 15) is 0 Å². The average molecular weight is 875 g/mol. The highest BCUT2D eigenvalue weighted by molar-refractivity contribution is 7.20. The van der Waals surface area contributed by atoms with Crippen LogP contribution in [0.2, 0.25) is 0 Å². The fourth-order valence-electron chi connectivity index (χ4n) is 8.70. The smallest absolute Gasteiger partial charge is 0.136 e. The van der Waals surface area contributed by atoms with Crippen molar-refractivity contribution in [2.75, 3.05) is 16.8 Å². The molecular formula is C61H66N2OS. The molecule has 1 unspecified atom stereocenters. The van der Waals surface area contributed by atoms with E-state index in [2.05, 4.69) is 183 Å². The third-order valence-electron chi connectivity index (χ3n) is 11.8. The lowest BCUT2D eigenvalue weighted by Crippen LogP contribution is -2.23. The van der Waals surface area contributed by atoms with Crippen LogP contribution in [0.3, 0.4) is 0 Å². The fourth-order valence-corrected chi connectivity index (χ4v) is 9.72. The van der Waals surface area contributed by atoms with E-state index in [-0.39, 0.29) is 0 Å². The van der Waals surface area contributed by atoms with E-state index in [4.69, 9.17) is 4.42 Å². The average Bonchev–Trinajstić information content (AvgIpc) is 3.88. The van der Waals surface area contributed by atoms with E-state index in [1.54, 1.807) is 0 Å². The van der Waals surface area contributed by atoms with E-state index in [1.165, 1.54) is 70.9 Å². The van der Waals surface area contributed by atoms with Crippen molar-refractivity contribution >= 4 is 67.1 Å². The number of aryl methyl sites for hydroxylation is 2. The molecule has 0 amide bonds. The second-order valence-electron chi connectivity index (χ2n) is 15.7.